The van der Waals surface area contributed by atoms with E-state index in [1.54, 1.807) is 0 Å². The van der Waals surface area contributed by atoms with Crippen molar-refractivity contribution < 1.29 is 30.0 Å². The van der Waals surface area contributed by atoms with Crippen LogP contribution in [0.4, 0.5) is 0 Å². The lowest BCUT2D eigenvalue weighted by molar-refractivity contribution is -0.270. The molecule has 15 heavy (non-hydrogen) atoms. The molecule has 6 N–H and O–H groups in total. The number of ketones is 1. The Kier molecular flexibility index (Phi) is 3.44. The first-order valence-electron chi connectivity index (χ1n) is 4.46. The van der Waals surface area contributed by atoms with Gasteiger partial charge in [-0.15, -0.1) is 0 Å². The fraction of sp³-hybridized carbons (Fsp3) is 0.875. The van der Waals surface area contributed by atoms with Crippen molar-refractivity contribution in [3.8, 4) is 0 Å². The van der Waals surface area contributed by atoms with Crippen LogP contribution in [0, 0.1) is 0 Å². The Morgan fingerprint density at radius 1 is 1.47 bits per heavy atom. The van der Waals surface area contributed by atoms with Crippen molar-refractivity contribution in [3.63, 3.8) is 0 Å². The fourth-order valence-electron chi connectivity index (χ4n) is 1.52. The number of hydrogen-bond acceptors (Lipinski definition) is 7. The smallest absolute Gasteiger partial charge is 0.183 e. The number of Topliss-reactive ketones (excluding diaryl/α,β-unsaturated/α-hetero) is 1. The zero-order chi connectivity index (χ0) is 11.8. The average molecular weight is 221 g/mol. The van der Waals surface area contributed by atoms with Gasteiger partial charge < -0.3 is 30.9 Å². The van der Waals surface area contributed by atoms with Crippen molar-refractivity contribution >= 4 is 5.78 Å². The monoisotopic (exact) mass is 221 g/mol. The van der Waals surface area contributed by atoms with Crippen molar-refractivity contribution in [1.82, 2.24) is 0 Å². The van der Waals surface area contributed by atoms with Crippen LogP contribution in [0.3, 0.4) is 0 Å². The molecule has 0 amide bonds. The second-order valence-corrected chi connectivity index (χ2v) is 3.63. The highest BCUT2D eigenvalue weighted by molar-refractivity contribution is 5.87. The first kappa shape index (κ1) is 12.5. The molecule has 0 radical (unpaired) electrons. The van der Waals surface area contributed by atoms with E-state index in [0.29, 0.717) is 0 Å². The molecule has 0 aromatic carbocycles. The third kappa shape index (κ3) is 1.78. The van der Waals surface area contributed by atoms with E-state index < -0.39 is 42.5 Å². The third-order valence-electron chi connectivity index (χ3n) is 2.70. The number of ether oxygens (including phenoxy) is 1. The maximum absolute atomic E-state index is 11.2. The van der Waals surface area contributed by atoms with E-state index in [0.717, 1.165) is 6.92 Å². The second kappa shape index (κ2) is 4.12. The van der Waals surface area contributed by atoms with Gasteiger partial charge in [-0.1, -0.05) is 0 Å². The molecule has 1 aliphatic heterocycles. The van der Waals surface area contributed by atoms with Gasteiger partial charge in [-0.2, -0.15) is 0 Å². The molecule has 0 aromatic heterocycles. The molecule has 0 saturated carbocycles. The number of rotatable bonds is 2. The summed E-state index contributed by atoms with van der Waals surface area (Å²) in [6, 6.07) is 0. The minimum atomic E-state index is -2.06. The van der Waals surface area contributed by atoms with Crippen LogP contribution in [0.15, 0.2) is 0 Å². The van der Waals surface area contributed by atoms with Gasteiger partial charge in [-0.25, -0.2) is 0 Å². The molecule has 7 nitrogen and oxygen atoms in total. The predicted molar refractivity (Wildman–Crippen MR) is 47.6 cm³/mol. The van der Waals surface area contributed by atoms with E-state index in [2.05, 4.69) is 0 Å². The standard InChI is InChI=1S/C8H15NO6/c1-3(11)8(9)6(13)5(12)4(2-10)15-7(8)14/h4-7,10,12-14H,2,9H2,1H3/t4-,5-,6-,7?,8+/m1/s1. The summed E-state index contributed by atoms with van der Waals surface area (Å²) in [5, 5.41) is 37.3. The van der Waals surface area contributed by atoms with Crippen LogP contribution < -0.4 is 5.73 Å². The van der Waals surface area contributed by atoms with E-state index in [-0.39, 0.29) is 0 Å². The molecule has 1 aliphatic rings. The molecule has 0 bridgehead atoms. The minimum absolute atomic E-state index is 0.594. The van der Waals surface area contributed by atoms with Gasteiger partial charge in [0.05, 0.1) is 6.61 Å². The van der Waals surface area contributed by atoms with Crippen LogP contribution in [0.2, 0.25) is 0 Å². The van der Waals surface area contributed by atoms with Crippen LogP contribution in [0.5, 0.6) is 0 Å². The number of hydrogen-bond donors (Lipinski definition) is 5. The van der Waals surface area contributed by atoms with Gasteiger partial charge >= 0.3 is 0 Å². The van der Waals surface area contributed by atoms with Gasteiger partial charge in [0.2, 0.25) is 0 Å². The molecule has 7 heteroatoms. The van der Waals surface area contributed by atoms with Crippen molar-refractivity contribution in [2.24, 2.45) is 5.73 Å². The Bertz CT molecular complexity index is 260. The highest BCUT2D eigenvalue weighted by Crippen LogP contribution is 2.27. The molecule has 1 rings (SSSR count). The van der Waals surface area contributed by atoms with Crippen molar-refractivity contribution in [3.05, 3.63) is 0 Å². The third-order valence-corrected chi connectivity index (χ3v) is 2.70. The summed E-state index contributed by atoms with van der Waals surface area (Å²) in [5.41, 5.74) is 3.42. The Hall–Kier alpha value is -0.570. The van der Waals surface area contributed by atoms with Crippen molar-refractivity contribution in [2.45, 2.75) is 37.1 Å². The first-order chi connectivity index (χ1) is 6.85. The SMILES string of the molecule is CC(=O)[C@@]1(N)C(O)O[C@H](CO)[C@@H](O)[C@H]1O. The molecule has 0 spiro atoms. The summed E-state index contributed by atoms with van der Waals surface area (Å²) in [7, 11) is 0. The Morgan fingerprint density at radius 3 is 2.40 bits per heavy atom. The van der Waals surface area contributed by atoms with E-state index in [1.807, 2.05) is 0 Å². The summed E-state index contributed by atoms with van der Waals surface area (Å²) in [5.74, 6) is -0.710. The molecule has 1 fully saturated rings. The Labute approximate surface area is 86.1 Å². The Balaban J connectivity index is 2.98. The lowest BCUT2D eigenvalue weighted by atomic mass is 9.81. The summed E-state index contributed by atoms with van der Waals surface area (Å²) >= 11 is 0. The molecule has 88 valence electrons. The van der Waals surface area contributed by atoms with Crippen molar-refractivity contribution in [2.75, 3.05) is 6.61 Å². The second-order valence-electron chi connectivity index (χ2n) is 3.63. The van der Waals surface area contributed by atoms with Gasteiger partial charge in [-0.05, 0) is 6.92 Å². The van der Waals surface area contributed by atoms with Crippen LogP contribution in [-0.4, -0.2) is 63.0 Å². The number of carbonyl (C=O) groups excluding carboxylic acids is 1. The predicted octanol–water partition coefficient (Wildman–Crippen LogP) is -3.30. The van der Waals surface area contributed by atoms with Crippen LogP contribution in [0.1, 0.15) is 6.92 Å². The number of aliphatic hydroxyl groups excluding tert-OH is 4. The normalized spacial score (nSPS) is 46.5. The zero-order valence-corrected chi connectivity index (χ0v) is 8.20. The summed E-state index contributed by atoms with van der Waals surface area (Å²) in [6.45, 7) is 0.477. The summed E-state index contributed by atoms with van der Waals surface area (Å²) in [6.07, 6.45) is -6.13. The van der Waals surface area contributed by atoms with Crippen LogP contribution in [-0.2, 0) is 9.53 Å². The first-order valence-corrected chi connectivity index (χ1v) is 4.46. The summed E-state index contributed by atoms with van der Waals surface area (Å²) in [4.78, 5) is 11.2. The average Bonchev–Trinajstić information content (AvgIpc) is 2.20. The fourth-order valence-corrected chi connectivity index (χ4v) is 1.52. The lowest BCUT2D eigenvalue weighted by Gasteiger charge is -2.45. The van der Waals surface area contributed by atoms with E-state index in [9.17, 15) is 20.1 Å². The van der Waals surface area contributed by atoms with E-state index >= 15 is 0 Å². The molecular weight excluding hydrogens is 206 g/mol. The summed E-state index contributed by atoms with van der Waals surface area (Å²) < 4.78 is 4.74. The van der Waals surface area contributed by atoms with Gasteiger partial charge in [0.15, 0.2) is 17.6 Å². The topological polar surface area (TPSA) is 133 Å². The molecule has 5 atom stereocenters. The quantitative estimate of drug-likeness (QED) is 0.330. The maximum atomic E-state index is 11.2. The minimum Gasteiger partial charge on any atom is -0.394 e. The van der Waals surface area contributed by atoms with Gasteiger partial charge in [-0.3, -0.25) is 4.79 Å². The molecule has 1 unspecified atom stereocenters. The van der Waals surface area contributed by atoms with E-state index in [4.69, 9.17) is 15.6 Å². The van der Waals surface area contributed by atoms with E-state index in [1.165, 1.54) is 0 Å². The van der Waals surface area contributed by atoms with Gasteiger partial charge in [0.25, 0.3) is 0 Å². The molecule has 1 saturated heterocycles. The zero-order valence-electron chi connectivity index (χ0n) is 8.20. The van der Waals surface area contributed by atoms with Gasteiger partial charge in [0.1, 0.15) is 18.3 Å². The molecule has 0 aromatic rings. The molecule has 1 heterocycles. The highest BCUT2D eigenvalue weighted by Gasteiger charge is 2.55. The number of nitrogens with two attached hydrogens (primary N) is 1. The number of carbonyl (C=O) groups is 1. The largest absolute Gasteiger partial charge is 0.394 e. The van der Waals surface area contributed by atoms with Crippen LogP contribution in [0.25, 0.3) is 0 Å². The Morgan fingerprint density at radius 2 is 2.00 bits per heavy atom. The molecule has 0 aliphatic carbocycles. The van der Waals surface area contributed by atoms with Gasteiger partial charge in [0, 0.05) is 0 Å². The highest BCUT2D eigenvalue weighted by atomic mass is 16.6. The lowest BCUT2D eigenvalue weighted by Crippen LogP contribution is -2.73. The number of aliphatic hydroxyl groups is 4. The maximum Gasteiger partial charge on any atom is 0.183 e. The van der Waals surface area contributed by atoms with Crippen LogP contribution >= 0.6 is 0 Å². The molecular formula is C8H15NO6. The van der Waals surface area contributed by atoms with Crippen molar-refractivity contribution in [1.29, 1.82) is 0 Å².